The van der Waals surface area contributed by atoms with Gasteiger partial charge in [-0.25, -0.2) is 0 Å². The lowest BCUT2D eigenvalue weighted by Gasteiger charge is -2.09. The van der Waals surface area contributed by atoms with Gasteiger partial charge in [0.2, 0.25) is 0 Å². The number of pyridine rings is 1. The third-order valence-electron chi connectivity index (χ3n) is 3.02. The highest BCUT2D eigenvalue weighted by Crippen LogP contribution is 2.30. The summed E-state index contributed by atoms with van der Waals surface area (Å²) in [5.74, 6) is 2.26. The standard InChI is InChI=1S/C16H14N2O2.2C2H6/c1-19-13-6-7-14-15(10-13)18-9-8-16(14)20-12-4-2-11(17)3-5-12;2*1-2/h2-10H,17H2,1H3;2*1-2H3. The van der Waals surface area contributed by atoms with Crippen LogP contribution in [-0.4, -0.2) is 12.1 Å². The fraction of sp³-hybridized carbons (Fsp3) is 0.250. The molecule has 2 N–H and O–H groups in total. The molecule has 0 saturated heterocycles. The Hall–Kier alpha value is -2.75. The quantitative estimate of drug-likeness (QED) is 0.630. The molecule has 2 aromatic carbocycles. The highest BCUT2D eigenvalue weighted by Gasteiger charge is 2.05. The van der Waals surface area contributed by atoms with Crippen LogP contribution in [-0.2, 0) is 0 Å². The Bertz CT molecular complexity index is 740. The molecule has 0 saturated carbocycles. The van der Waals surface area contributed by atoms with Gasteiger partial charge in [0.05, 0.1) is 12.6 Å². The van der Waals surface area contributed by atoms with Crippen LogP contribution in [0.1, 0.15) is 27.7 Å². The van der Waals surface area contributed by atoms with Crippen molar-refractivity contribution in [2.75, 3.05) is 12.8 Å². The number of nitrogens with two attached hydrogens (primary N) is 1. The Balaban J connectivity index is 0.000000671. The summed E-state index contributed by atoms with van der Waals surface area (Å²) in [4.78, 5) is 4.33. The van der Waals surface area contributed by atoms with Crippen LogP contribution >= 0.6 is 0 Å². The Morgan fingerprint density at radius 1 is 0.833 bits per heavy atom. The molecule has 0 aliphatic rings. The van der Waals surface area contributed by atoms with E-state index in [1.165, 1.54) is 0 Å². The second-order valence-electron chi connectivity index (χ2n) is 4.36. The third-order valence-corrected chi connectivity index (χ3v) is 3.02. The summed E-state index contributed by atoms with van der Waals surface area (Å²) in [6.07, 6.45) is 1.72. The first-order valence-electron chi connectivity index (χ1n) is 8.22. The number of methoxy groups -OCH3 is 1. The summed E-state index contributed by atoms with van der Waals surface area (Å²) in [6, 6.07) is 14.8. The highest BCUT2D eigenvalue weighted by atomic mass is 16.5. The predicted molar refractivity (Wildman–Crippen MR) is 102 cm³/mol. The molecule has 0 atom stereocenters. The van der Waals surface area contributed by atoms with E-state index in [4.69, 9.17) is 15.2 Å². The van der Waals surface area contributed by atoms with Crippen molar-refractivity contribution in [3.63, 3.8) is 0 Å². The summed E-state index contributed by atoms with van der Waals surface area (Å²) in [7, 11) is 1.63. The fourth-order valence-electron chi connectivity index (χ4n) is 1.98. The van der Waals surface area contributed by atoms with E-state index < -0.39 is 0 Å². The Morgan fingerprint density at radius 2 is 1.46 bits per heavy atom. The van der Waals surface area contributed by atoms with Crippen molar-refractivity contribution >= 4 is 16.6 Å². The number of nitrogens with zero attached hydrogens (tertiary/aromatic N) is 1. The zero-order chi connectivity index (χ0) is 17.9. The van der Waals surface area contributed by atoms with Gasteiger partial charge in [-0.05, 0) is 42.5 Å². The lowest BCUT2D eigenvalue weighted by molar-refractivity contribution is 0.415. The van der Waals surface area contributed by atoms with E-state index in [0.29, 0.717) is 5.69 Å². The van der Waals surface area contributed by atoms with E-state index in [1.54, 1.807) is 13.3 Å². The van der Waals surface area contributed by atoms with E-state index in [-0.39, 0.29) is 0 Å². The van der Waals surface area contributed by atoms with Crippen LogP contribution in [0.4, 0.5) is 5.69 Å². The molecule has 0 spiro atoms. The smallest absolute Gasteiger partial charge is 0.138 e. The molecule has 0 unspecified atom stereocenters. The van der Waals surface area contributed by atoms with Gasteiger partial charge >= 0.3 is 0 Å². The minimum atomic E-state index is 0.710. The average molecular weight is 326 g/mol. The molecule has 3 aromatic rings. The number of hydrogen-bond acceptors (Lipinski definition) is 4. The monoisotopic (exact) mass is 326 g/mol. The molecule has 0 amide bonds. The first-order valence-corrected chi connectivity index (χ1v) is 8.22. The van der Waals surface area contributed by atoms with Crippen molar-refractivity contribution in [2.24, 2.45) is 0 Å². The van der Waals surface area contributed by atoms with Crippen molar-refractivity contribution in [3.8, 4) is 17.2 Å². The topological polar surface area (TPSA) is 57.4 Å². The van der Waals surface area contributed by atoms with Crippen LogP contribution in [0.25, 0.3) is 10.9 Å². The first-order chi connectivity index (χ1) is 11.8. The van der Waals surface area contributed by atoms with Crippen LogP contribution in [0.2, 0.25) is 0 Å². The van der Waals surface area contributed by atoms with E-state index in [9.17, 15) is 0 Å². The Morgan fingerprint density at radius 3 is 2.08 bits per heavy atom. The number of hydrogen-bond donors (Lipinski definition) is 1. The number of benzene rings is 2. The number of aromatic nitrogens is 1. The van der Waals surface area contributed by atoms with Gasteiger partial charge < -0.3 is 15.2 Å². The maximum absolute atomic E-state index is 5.88. The lowest BCUT2D eigenvalue weighted by atomic mass is 10.2. The minimum Gasteiger partial charge on any atom is -0.497 e. The van der Waals surface area contributed by atoms with E-state index in [2.05, 4.69) is 4.98 Å². The molecular formula is C20H26N2O2. The zero-order valence-electron chi connectivity index (χ0n) is 15.0. The number of rotatable bonds is 3. The molecular weight excluding hydrogens is 300 g/mol. The zero-order valence-corrected chi connectivity index (χ0v) is 15.0. The highest BCUT2D eigenvalue weighted by molar-refractivity contribution is 5.86. The molecule has 1 aromatic heterocycles. The van der Waals surface area contributed by atoms with Gasteiger partial charge in [-0.1, -0.05) is 27.7 Å². The molecule has 24 heavy (non-hydrogen) atoms. The van der Waals surface area contributed by atoms with Gasteiger partial charge in [-0.2, -0.15) is 0 Å². The number of nitrogen functional groups attached to an aromatic ring is 1. The number of ether oxygens (including phenoxy) is 2. The second kappa shape index (κ2) is 10.1. The lowest BCUT2D eigenvalue weighted by Crippen LogP contribution is -1.90. The van der Waals surface area contributed by atoms with Crippen molar-refractivity contribution in [3.05, 3.63) is 54.7 Å². The molecule has 0 radical (unpaired) electrons. The molecule has 0 bridgehead atoms. The molecule has 0 fully saturated rings. The molecule has 128 valence electrons. The van der Waals surface area contributed by atoms with Crippen molar-refractivity contribution < 1.29 is 9.47 Å². The van der Waals surface area contributed by atoms with Gasteiger partial charge in [0.25, 0.3) is 0 Å². The molecule has 0 aliphatic carbocycles. The molecule has 0 aliphatic heterocycles. The SMILES string of the molecule is CC.CC.COc1ccc2c(Oc3ccc(N)cc3)ccnc2c1. The van der Waals surface area contributed by atoms with Crippen LogP contribution in [0.5, 0.6) is 17.2 Å². The first kappa shape index (κ1) is 19.3. The summed E-state index contributed by atoms with van der Waals surface area (Å²) in [5, 5.41) is 0.935. The predicted octanol–water partition coefficient (Wildman–Crippen LogP) is 5.67. The second-order valence-corrected chi connectivity index (χ2v) is 4.36. The Kier molecular flexibility index (Phi) is 8.13. The van der Waals surface area contributed by atoms with Gasteiger partial charge in [0.1, 0.15) is 17.2 Å². The largest absolute Gasteiger partial charge is 0.497 e. The number of fused-ring (bicyclic) bond motifs is 1. The normalized spacial score (nSPS) is 9.21. The molecule has 1 heterocycles. The summed E-state index contributed by atoms with van der Waals surface area (Å²) in [5.41, 5.74) is 7.20. The van der Waals surface area contributed by atoms with Crippen LogP contribution in [0.3, 0.4) is 0 Å². The minimum absolute atomic E-state index is 0.710. The van der Waals surface area contributed by atoms with E-state index in [0.717, 1.165) is 28.2 Å². The molecule has 3 rings (SSSR count). The van der Waals surface area contributed by atoms with Gasteiger partial charge in [-0.15, -0.1) is 0 Å². The molecule has 4 nitrogen and oxygen atoms in total. The van der Waals surface area contributed by atoms with Crippen LogP contribution < -0.4 is 15.2 Å². The molecule has 4 heteroatoms. The van der Waals surface area contributed by atoms with E-state index >= 15 is 0 Å². The average Bonchev–Trinajstić information content (AvgIpc) is 2.66. The van der Waals surface area contributed by atoms with Crippen molar-refractivity contribution in [1.82, 2.24) is 4.98 Å². The maximum Gasteiger partial charge on any atom is 0.138 e. The fourth-order valence-corrected chi connectivity index (χ4v) is 1.98. The maximum atomic E-state index is 5.88. The van der Waals surface area contributed by atoms with Gasteiger partial charge in [0.15, 0.2) is 0 Å². The van der Waals surface area contributed by atoms with Crippen LogP contribution in [0, 0.1) is 0 Å². The Labute approximate surface area is 144 Å². The summed E-state index contributed by atoms with van der Waals surface area (Å²) >= 11 is 0. The van der Waals surface area contributed by atoms with Gasteiger partial charge in [0, 0.05) is 23.3 Å². The summed E-state index contributed by atoms with van der Waals surface area (Å²) < 4.78 is 11.1. The third kappa shape index (κ3) is 4.88. The van der Waals surface area contributed by atoms with Crippen molar-refractivity contribution in [1.29, 1.82) is 0 Å². The number of anilines is 1. The summed E-state index contributed by atoms with van der Waals surface area (Å²) in [6.45, 7) is 8.00. The van der Waals surface area contributed by atoms with Crippen molar-refractivity contribution in [2.45, 2.75) is 27.7 Å². The van der Waals surface area contributed by atoms with Gasteiger partial charge in [-0.3, -0.25) is 4.98 Å². The van der Waals surface area contributed by atoms with Crippen LogP contribution in [0.15, 0.2) is 54.7 Å². The van der Waals surface area contributed by atoms with E-state index in [1.807, 2.05) is 76.2 Å².